The van der Waals surface area contributed by atoms with E-state index in [1.807, 2.05) is 0 Å². The molecular weight excluding hydrogens is 487 g/mol. The van der Waals surface area contributed by atoms with Gasteiger partial charge in [-0.3, -0.25) is 9.89 Å². The molecule has 37 heavy (non-hydrogen) atoms. The normalized spacial score (nSPS) is 11.5. The van der Waals surface area contributed by atoms with Crippen molar-refractivity contribution in [3.8, 4) is 22.6 Å². The van der Waals surface area contributed by atoms with Gasteiger partial charge < -0.3 is 19.9 Å². The van der Waals surface area contributed by atoms with Gasteiger partial charge in [0, 0.05) is 49.7 Å². The van der Waals surface area contributed by atoms with Crippen LogP contribution in [0.1, 0.15) is 12.5 Å². The number of aromatic amines is 1. The fourth-order valence-corrected chi connectivity index (χ4v) is 3.77. The molecule has 0 aliphatic rings. The highest BCUT2D eigenvalue weighted by Gasteiger charge is 2.31. The zero-order chi connectivity index (χ0) is 26.2. The van der Waals surface area contributed by atoms with Gasteiger partial charge in [0.15, 0.2) is 0 Å². The maximum absolute atomic E-state index is 13.6. The Kier molecular flexibility index (Phi) is 5.99. The summed E-state index contributed by atoms with van der Waals surface area (Å²) >= 11 is 0. The molecule has 3 aromatic heterocycles. The van der Waals surface area contributed by atoms with E-state index in [1.165, 1.54) is 25.5 Å². The molecule has 0 aliphatic carbocycles. The Balaban J connectivity index is 1.45. The van der Waals surface area contributed by atoms with Crippen molar-refractivity contribution in [3.05, 3.63) is 72.7 Å². The Morgan fingerprint density at radius 2 is 1.86 bits per heavy atom. The number of halogens is 3. The largest absolute Gasteiger partial charge is 0.457 e. The van der Waals surface area contributed by atoms with E-state index in [4.69, 9.17) is 4.74 Å². The summed E-state index contributed by atoms with van der Waals surface area (Å²) in [5, 5.41) is 12.0. The quantitative estimate of drug-likeness (QED) is 0.265. The van der Waals surface area contributed by atoms with E-state index in [2.05, 4.69) is 30.8 Å². The molecule has 9 nitrogen and oxygen atoms in total. The molecular formula is C25H20F3N7O2. The number of amides is 1. The maximum Gasteiger partial charge on any atom is 0.416 e. The average molecular weight is 507 g/mol. The molecule has 2 aromatic carbocycles. The molecule has 0 radical (unpaired) electrons. The van der Waals surface area contributed by atoms with Crippen LogP contribution in [0.5, 0.6) is 11.5 Å². The molecule has 12 heteroatoms. The number of hydrogen-bond acceptors (Lipinski definition) is 6. The van der Waals surface area contributed by atoms with Crippen LogP contribution in [0.3, 0.4) is 0 Å². The van der Waals surface area contributed by atoms with Crippen LogP contribution >= 0.6 is 0 Å². The molecule has 3 N–H and O–H groups in total. The lowest BCUT2D eigenvalue weighted by Gasteiger charge is -2.13. The number of anilines is 3. The van der Waals surface area contributed by atoms with Gasteiger partial charge in [-0.05, 0) is 42.0 Å². The molecule has 188 valence electrons. The van der Waals surface area contributed by atoms with Gasteiger partial charge in [-0.25, -0.2) is 9.97 Å². The van der Waals surface area contributed by atoms with Crippen molar-refractivity contribution in [2.24, 2.45) is 7.05 Å². The van der Waals surface area contributed by atoms with Crippen LogP contribution < -0.4 is 15.4 Å². The number of imidazole rings is 1. The van der Waals surface area contributed by atoms with Gasteiger partial charge in [0.05, 0.1) is 22.8 Å². The summed E-state index contributed by atoms with van der Waals surface area (Å²) in [6.07, 6.45) is -0.0325. The summed E-state index contributed by atoms with van der Waals surface area (Å²) in [6, 6.07) is 12.2. The van der Waals surface area contributed by atoms with E-state index in [9.17, 15) is 18.0 Å². The molecule has 0 saturated carbocycles. The summed E-state index contributed by atoms with van der Waals surface area (Å²) in [6.45, 7) is 1.38. The zero-order valence-corrected chi connectivity index (χ0v) is 19.6. The first-order chi connectivity index (χ1) is 17.7. The first kappa shape index (κ1) is 23.9. The Bertz CT molecular complexity index is 1590. The number of benzene rings is 2. The van der Waals surface area contributed by atoms with Crippen LogP contribution in [0.15, 0.2) is 67.1 Å². The van der Waals surface area contributed by atoms with Crippen molar-refractivity contribution in [1.82, 2.24) is 24.7 Å². The molecule has 0 spiro atoms. The molecule has 1 amide bonds. The van der Waals surface area contributed by atoms with Gasteiger partial charge >= 0.3 is 6.18 Å². The number of fused-ring (bicyclic) bond motifs is 1. The second kappa shape index (κ2) is 9.30. The number of aromatic nitrogens is 5. The van der Waals surface area contributed by atoms with Crippen molar-refractivity contribution in [1.29, 1.82) is 0 Å². The first-order valence-corrected chi connectivity index (χ1v) is 11.0. The number of H-pyrrole nitrogens is 1. The average Bonchev–Trinajstić information content (AvgIpc) is 3.48. The van der Waals surface area contributed by atoms with Crippen LogP contribution in [-0.4, -0.2) is 30.6 Å². The number of aryl methyl sites for hydroxylation is 1. The predicted molar refractivity (Wildman–Crippen MR) is 132 cm³/mol. The number of nitrogens with zero attached hydrogens (tertiary/aromatic N) is 4. The lowest BCUT2D eigenvalue weighted by Crippen LogP contribution is -2.07. The fourth-order valence-electron chi connectivity index (χ4n) is 3.77. The number of nitrogens with one attached hydrogen (secondary N) is 3. The van der Waals surface area contributed by atoms with Gasteiger partial charge in [0.25, 0.3) is 0 Å². The molecule has 0 bridgehead atoms. The Morgan fingerprint density at radius 1 is 1.05 bits per heavy atom. The lowest BCUT2D eigenvalue weighted by molar-refractivity contribution is -0.137. The summed E-state index contributed by atoms with van der Waals surface area (Å²) in [4.78, 5) is 19.9. The monoisotopic (exact) mass is 507 g/mol. The zero-order valence-electron chi connectivity index (χ0n) is 19.6. The third-order valence-corrected chi connectivity index (χ3v) is 5.47. The number of rotatable bonds is 6. The number of hydrogen-bond donors (Lipinski definition) is 3. The lowest BCUT2D eigenvalue weighted by atomic mass is 10.0. The SMILES string of the molecule is CC(=O)Nc1cc(Oc2ccc3nc(Nc4cc(-c5cn[nH]c5)cc(C(F)(F)F)c4)n(C)c3c2)ccn1. The Labute approximate surface area is 208 Å². The number of carbonyl (C=O) groups is 1. The van der Waals surface area contributed by atoms with E-state index in [1.54, 1.807) is 48.0 Å². The number of pyridine rings is 1. The summed E-state index contributed by atoms with van der Waals surface area (Å²) in [5.41, 5.74) is 1.63. The van der Waals surface area contributed by atoms with Crippen molar-refractivity contribution in [3.63, 3.8) is 0 Å². The summed E-state index contributed by atoms with van der Waals surface area (Å²) in [5.74, 6) is 1.42. The highest BCUT2D eigenvalue weighted by molar-refractivity contribution is 5.87. The van der Waals surface area contributed by atoms with Crippen molar-refractivity contribution in [2.75, 3.05) is 10.6 Å². The van der Waals surface area contributed by atoms with Crippen molar-refractivity contribution in [2.45, 2.75) is 13.1 Å². The third kappa shape index (κ3) is 5.22. The molecule has 0 unspecified atom stereocenters. The smallest absolute Gasteiger partial charge is 0.416 e. The fraction of sp³-hybridized carbons (Fsp3) is 0.120. The Morgan fingerprint density at radius 3 is 2.59 bits per heavy atom. The van der Waals surface area contributed by atoms with E-state index in [0.717, 1.165) is 12.1 Å². The number of alkyl halides is 3. The summed E-state index contributed by atoms with van der Waals surface area (Å²) in [7, 11) is 1.74. The van der Waals surface area contributed by atoms with Gasteiger partial charge in [0.2, 0.25) is 11.9 Å². The maximum atomic E-state index is 13.6. The highest BCUT2D eigenvalue weighted by Crippen LogP contribution is 2.36. The number of carbonyl (C=O) groups excluding carboxylic acids is 1. The molecule has 5 rings (SSSR count). The van der Waals surface area contributed by atoms with Crippen LogP contribution in [0.25, 0.3) is 22.2 Å². The third-order valence-electron chi connectivity index (χ3n) is 5.47. The minimum absolute atomic E-state index is 0.225. The second-order valence-electron chi connectivity index (χ2n) is 8.21. The van der Waals surface area contributed by atoms with Gasteiger partial charge in [-0.1, -0.05) is 0 Å². The molecule has 5 aromatic rings. The van der Waals surface area contributed by atoms with Crippen LogP contribution in [0, 0.1) is 0 Å². The first-order valence-electron chi connectivity index (χ1n) is 11.0. The van der Waals surface area contributed by atoms with Crippen LogP contribution in [0.2, 0.25) is 0 Å². The molecule has 0 aliphatic heterocycles. The molecule has 3 heterocycles. The van der Waals surface area contributed by atoms with Crippen LogP contribution in [-0.2, 0) is 18.0 Å². The molecule has 0 atom stereocenters. The standard InChI is InChI=1S/C25H20F3N7O2/c1-14(36)32-23-11-20(5-6-29-23)37-19-3-4-21-22(10-19)35(2)24(34-21)33-18-8-15(16-12-30-31-13-16)7-17(9-18)25(26,27)28/h3-13H,1-2H3,(H,30,31)(H,33,34)(H,29,32,36). The molecule has 0 fully saturated rings. The summed E-state index contributed by atoms with van der Waals surface area (Å²) < 4.78 is 48.4. The van der Waals surface area contributed by atoms with E-state index >= 15 is 0 Å². The van der Waals surface area contributed by atoms with E-state index < -0.39 is 11.7 Å². The van der Waals surface area contributed by atoms with Gasteiger partial charge in [-0.2, -0.15) is 18.3 Å². The minimum atomic E-state index is -4.53. The predicted octanol–water partition coefficient (Wildman–Crippen LogP) is 5.87. The minimum Gasteiger partial charge on any atom is -0.457 e. The van der Waals surface area contributed by atoms with Gasteiger partial charge in [0.1, 0.15) is 17.3 Å². The second-order valence-corrected chi connectivity index (χ2v) is 8.21. The van der Waals surface area contributed by atoms with Crippen molar-refractivity contribution >= 4 is 34.4 Å². The van der Waals surface area contributed by atoms with Crippen LogP contribution in [0.4, 0.5) is 30.6 Å². The Hall–Kier alpha value is -4.87. The van der Waals surface area contributed by atoms with E-state index in [0.29, 0.717) is 45.4 Å². The van der Waals surface area contributed by atoms with Crippen molar-refractivity contribution < 1.29 is 22.7 Å². The number of ether oxygens (including phenoxy) is 1. The molecule has 0 saturated heterocycles. The highest BCUT2D eigenvalue weighted by atomic mass is 19.4. The van der Waals surface area contributed by atoms with E-state index in [-0.39, 0.29) is 11.6 Å². The topological polar surface area (TPSA) is 110 Å². The van der Waals surface area contributed by atoms with Gasteiger partial charge in [-0.15, -0.1) is 0 Å².